The first-order valence-electron chi connectivity index (χ1n) is 36.4. The lowest BCUT2D eigenvalue weighted by Crippen LogP contribution is -2.62. The quantitative estimate of drug-likeness (QED) is 0.0689. The molecule has 0 aromatic rings. The van der Waals surface area contributed by atoms with Gasteiger partial charge in [-0.25, -0.2) is 0 Å². The van der Waals surface area contributed by atoms with Gasteiger partial charge in [-0.2, -0.15) is 0 Å². The van der Waals surface area contributed by atoms with Crippen molar-refractivity contribution in [2.45, 2.75) is 355 Å². The predicted molar refractivity (Wildman–Crippen MR) is 373 cm³/mol. The number of hydrogen-bond acceptors (Lipinski definition) is 20. The molecule has 0 bridgehead atoms. The Balaban J connectivity index is 0.000000544. The first-order chi connectivity index (χ1) is 43.2. The molecule has 0 heterocycles. The number of rotatable bonds is 16. The molecule has 20 nitrogen and oxygen atoms in total. The molecule has 0 aromatic carbocycles. The summed E-state index contributed by atoms with van der Waals surface area (Å²) < 4.78 is 0. The Labute approximate surface area is 572 Å². The molecule has 95 heavy (non-hydrogen) atoms. The van der Waals surface area contributed by atoms with Gasteiger partial charge in [0.15, 0.2) is 46.3 Å². The van der Waals surface area contributed by atoms with Gasteiger partial charge in [-0.1, -0.05) is 151 Å². The van der Waals surface area contributed by atoms with Crippen LogP contribution >= 0.6 is 0 Å². The number of aliphatic hydroxyl groups is 8. The van der Waals surface area contributed by atoms with Gasteiger partial charge >= 0.3 is 0 Å². The van der Waals surface area contributed by atoms with E-state index in [2.05, 4.69) is 13.8 Å². The largest absolute Gasteiger partial charge is 0.382 e. The van der Waals surface area contributed by atoms with E-state index in [1.165, 1.54) is 0 Å². The second-order valence-electron chi connectivity index (χ2n) is 32.9. The molecule has 0 aliphatic heterocycles. The fraction of sp³-hybridized carbons (Fsp3) is 0.893. The number of ketones is 8. The molecule has 8 saturated carbocycles. The Morgan fingerprint density at radius 2 is 0.589 bits per heavy atom. The molecule has 0 aromatic heterocycles. The third kappa shape index (κ3) is 24.9. The van der Waals surface area contributed by atoms with E-state index in [0.717, 1.165) is 70.6 Å². The normalized spacial score (nSPS) is 36.0. The van der Waals surface area contributed by atoms with Gasteiger partial charge in [0, 0.05) is 71.5 Å². The van der Waals surface area contributed by atoms with E-state index >= 15 is 0 Å². The first kappa shape index (κ1) is 89.9. The number of carbonyl (C=O) groups is 8. The first-order valence-corrected chi connectivity index (χ1v) is 36.4. The molecule has 12 atom stereocenters. The molecule has 12 unspecified atom stereocenters. The predicted octanol–water partition coefficient (Wildman–Crippen LogP) is 8.48. The van der Waals surface area contributed by atoms with Gasteiger partial charge in [0.2, 0.25) is 0 Å². The lowest BCUT2D eigenvalue weighted by Gasteiger charge is -2.42. The Morgan fingerprint density at radius 1 is 0.274 bits per heavy atom. The number of Topliss-reactive ketones (excluding diaryl/α,β-unsaturated/α-hetero) is 8. The van der Waals surface area contributed by atoms with E-state index in [0.29, 0.717) is 88.9 Å². The Morgan fingerprint density at radius 3 is 0.884 bits per heavy atom. The van der Waals surface area contributed by atoms with Gasteiger partial charge in [-0.3, -0.25) is 38.4 Å². The summed E-state index contributed by atoms with van der Waals surface area (Å²) >= 11 is 0. The molecule has 0 spiro atoms. The lowest BCUT2D eigenvalue weighted by molar-refractivity contribution is -0.152. The molecule has 8 aliphatic carbocycles. The van der Waals surface area contributed by atoms with Gasteiger partial charge in [-0.05, 0) is 159 Å². The zero-order valence-corrected chi connectivity index (χ0v) is 62.7. The van der Waals surface area contributed by atoms with Gasteiger partial charge < -0.3 is 63.8 Å². The maximum Gasteiger partial charge on any atom is 0.168 e. The van der Waals surface area contributed by atoms with Crippen LogP contribution in [0, 0.1) is 71.0 Å². The highest BCUT2D eigenvalue weighted by molar-refractivity contribution is 5.93. The van der Waals surface area contributed by atoms with Crippen LogP contribution in [0.25, 0.3) is 0 Å². The van der Waals surface area contributed by atoms with E-state index in [-0.39, 0.29) is 130 Å². The van der Waals surface area contributed by atoms with Crippen molar-refractivity contribution in [2.24, 2.45) is 93.9 Å². The average Bonchev–Trinajstić information content (AvgIpc) is 1.71. The van der Waals surface area contributed by atoms with E-state index in [9.17, 15) is 79.2 Å². The summed E-state index contributed by atoms with van der Waals surface area (Å²) in [4.78, 5) is 92.0. The van der Waals surface area contributed by atoms with Crippen LogP contribution in [-0.4, -0.2) is 156 Å². The maximum absolute atomic E-state index is 11.7. The average molecular weight is 1350 g/mol. The Bertz CT molecular complexity index is 2490. The van der Waals surface area contributed by atoms with Crippen molar-refractivity contribution in [3.05, 3.63) is 0 Å². The topological polar surface area (TPSA) is 402 Å². The van der Waals surface area contributed by atoms with Crippen molar-refractivity contribution in [3.63, 3.8) is 0 Å². The molecule has 16 N–H and O–H groups in total. The SMILES string of the molecule is CC(C)C(=O)C1(O)CC(N)C1.CC(C)C(=O)C1(O)CC1C.CC(C)C(=O)C1(O)CCC(N)CC1.CC(C)C(=O)C1(O)CCC1N.CC(C)C(=O)C1(O)CCCC1C.CC(C)C(=O)C1(O)CCCCC1N.CC1CCC(O)(C(=O)C(C)C)C1.CC1CCCC(O)(C(=O)C(C)C)C1. The van der Waals surface area contributed by atoms with Crippen LogP contribution < -0.4 is 22.9 Å². The summed E-state index contributed by atoms with van der Waals surface area (Å²) in [6.45, 7) is 37.3. The summed E-state index contributed by atoms with van der Waals surface area (Å²) in [6, 6.07) is -0.517. The minimum atomic E-state index is -1.24. The van der Waals surface area contributed by atoms with Crippen molar-refractivity contribution in [1.82, 2.24) is 0 Å². The molecule has 0 amide bonds. The van der Waals surface area contributed by atoms with E-state index in [1.54, 1.807) is 27.7 Å². The molecule has 0 saturated heterocycles. The van der Waals surface area contributed by atoms with Gasteiger partial charge in [0.05, 0.1) is 0 Å². The van der Waals surface area contributed by atoms with Crippen LogP contribution in [0.3, 0.4) is 0 Å². The number of carbonyl (C=O) groups excluding carboxylic acids is 8. The minimum absolute atomic E-state index is 0.000000000000000444. The van der Waals surface area contributed by atoms with Crippen LogP contribution in [0.5, 0.6) is 0 Å². The number of nitrogens with two attached hydrogens (primary N) is 4. The maximum atomic E-state index is 11.7. The van der Waals surface area contributed by atoms with Gasteiger partial charge in [0.25, 0.3) is 0 Å². The van der Waals surface area contributed by atoms with E-state index < -0.39 is 44.8 Å². The molecular weight excluding hydrogens is 1210 g/mol. The highest BCUT2D eigenvalue weighted by atomic mass is 16.3. The highest BCUT2D eigenvalue weighted by Crippen LogP contribution is 2.45. The van der Waals surface area contributed by atoms with E-state index in [1.807, 2.05) is 96.9 Å². The van der Waals surface area contributed by atoms with Crippen LogP contribution in [0.1, 0.15) is 286 Å². The zero-order chi connectivity index (χ0) is 74.1. The summed E-state index contributed by atoms with van der Waals surface area (Å²) in [5.74, 6) is 0.482. The fourth-order valence-corrected chi connectivity index (χ4v) is 14.4. The van der Waals surface area contributed by atoms with Gasteiger partial charge in [-0.15, -0.1) is 0 Å². The molecule has 8 fully saturated rings. The molecule has 554 valence electrons. The van der Waals surface area contributed by atoms with Crippen LogP contribution in [0.2, 0.25) is 0 Å². The van der Waals surface area contributed by atoms with E-state index in [4.69, 9.17) is 22.9 Å². The second-order valence-corrected chi connectivity index (χ2v) is 32.9. The highest BCUT2D eigenvalue weighted by Gasteiger charge is 2.56. The summed E-state index contributed by atoms with van der Waals surface area (Å²) in [5.41, 5.74) is 13.9. The Kier molecular flexibility index (Phi) is 35.5. The molecule has 8 aliphatic rings. The van der Waals surface area contributed by atoms with Gasteiger partial charge in [0.1, 0.15) is 44.8 Å². The number of hydrogen-bond donors (Lipinski definition) is 12. The van der Waals surface area contributed by atoms with Crippen molar-refractivity contribution in [3.8, 4) is 0 Å². The summed E-state index contributed by atoms with van der Waals surface area (Å²) in [6.07, 6.45) is 17.0. The second kappa shape index (κ2) is 37.5. The third-order valence-corrected chi connectivity index (χ3v) is 21.2. The minimum Gasteiger partial charge on any atom is -0.382 e. The van der Waals surface area contributed by atoms with Crippen molar-refractivity contribution in [1.29, 1.82) is 0 Å². The van der Waals surface area contributed by atoms with Crippen molar-refractivity contribution >= 4 is 46.3 Å². The van der Waals surface area contributed by atoms with Crippen molar-refractivity contribution < 1.29 is 79.2 Å². The smallest absolute Gasteiger partial charge is 0.168 e. The zero-order valence-electron chi connectivity index (χ0n) is 62.7. The molecule has 20 heteroatoms. The summed E-state index contributed by atoms with van der Waals surface area (Å²) in [5, 5.41) is 79.0. The van der Waals surface area contributed by atoms with Crippen LogP contribution in [0.4, 0.5) is 0 Å². The summed E-state index contributed by atoms with van der Waals surface area (Å²) in [7, 11) is 0. The third-order valence-electron chi connectivity index (χ3n) is 21.2. The monoisotopic (exact) mass is 1350 g/mol. The van der Waals surface area contributed by atoms with Crippen LogP contribution in [0.15, 0.2) is 0 Å². The fourth-order valence-electron chi connectivity index (χ4n) is 14.4. The Hall–Kier alpha value is -3.12. The molecular formula is C75H138N4O16. The van der Waals surface area contributed by atoms with Crippen LogP contribution in [-0.2, 0) is 38.4 Å². The molecule has 0 radical (unpaired) electrons. The lowest BCUT2D eigenvalue weighted by atomic mass is 9.70. The molecule has 8 rings (SSSR count). The van der Waals surface area contributed by atoms with Crippen molar-refractivity contribution in [2.75, 3.05) is 0 Å². The standard InChI is InChI=1S/C11H20O2.2C10H19NO2.2C10H18O2.2C8H15NO2.C8H14O2/c1-8(2)10(12)11(13)6-4-5-9(3)7-11;1-7(2)9(12)10(13)5-3-8(11)4-6-10;1-7(2)9(12)10(13)6-4-3-5-8(10)11;1-7(2)9(11)10(12)5-4-8(3)6-10;1-7(2)9(11)10(12)6-4-5-8(10)3;1-5(2)7(10)8(11)3-6(9)4-8;1-5(2)7(10)8(11)4-3-6(8)9;1-5(2)7(9)8(10)4-6(8)3/h8-9,13H,4-7H2,1-3H3;2*7-8,13H,3-6,11H2,1-2H3;2*7-8,12H,4-6H2,1-3H3;2*5-6,11H,3-4,9H2,1-2H3;5-6,10H,4H2,1-3H3.